The first-order valence-electron chi connectivity index (χ1n) is 6.57. The van der Waals surface area contributed by atoms with Crippen molar-refractivity contribution in [1.82, 2.24) is 19.9 Å². The third-order valence-electron chi connectivity index (χ3n) is 3.37. The molecule has 104 valence electrons. The van der Waals surface area contributed by atoms with E-state index in [9.17, 15) is 9.59 Å². The normalized spacial score (nSPS) is 15.5. The summed E-state index contributed by atoms with van der Waals surface area (Å²) in [6, 6.07) is 0. The molecule has 0 aliphatic carbocycles. The molecule has 7 heteroatoms. The zero-order valence-electron chi connectivity index (χ0n) is 11.0. The topological polar surface area (TPSA) is 88.3 Å². The minimum Gasteiger partial charge on any atom is -0.476 e. The number of aromatic carboxylic acids is 1. The van der Waals surface area contributed by atoms with E-state index in [1.165, 1.54) is 4.68 Å². The molecule has 1 aromatic rings. The number of aromatic nitrogens is 3. The van der Waals surface area contributed by atoms with E-state index in [-0.39, 0.29) is 18.1 Å². The van der Waals surface area contributed by atoms with Crippen molar-refractivity contribution in [1.29, 1.82) is 0 Å². The number of piperidine rings is 1. The van der Waals surface area contributed by atoms with Gasteiger partial charge >= 0.3 is 5.97 Å². The van der Waals surface area contributed by atoms with E-state index in [4.69, 9.17) is 5.11 Å². The van der Waals surface area contributed by atoms with Gasteiger partial charge in [-0.1, -0.05) is 12.1 Å². The molecule has 0 atom stereocenters. The molecule has 0 aromatic carbocycles. The average Bonchev–Trinajstić information content (AvgIpc) is 2.82. The number of hydrogen-bond acceptors (Lipinski definition) is 4. The summed E-state index contributed by atoms with van der Waals surface area (Å²) in [6.07, 6.45) is 3.71. The molecule has 0 spiro atoms. The Morgan fingerprint density at radius 1 is 1.26 bits per heavy atom. The number of hydrogen-bond donors (Lipinski definition) is 1. The van der Waals surface area contributed by atoms with Crippen LogP contribution in [0.5, 0.6) is 0 Å². The fraction of sp³-hybridized carbons (Fsp3) is 0.667. The van der Waals surface area contributed by atoms with E-state index in [0.29, 0.717) is 12.1 Å². The lowest BCUT2D eigenvalue weighted by Gasteiger charge is -2.26. The van der Waals surface area contributed by atoms with Gasteiger partial charge in [0.25, 0.3) is 0 Å². The SMILES string of the molecule is CCc1c(C(=O)O)nnn1CC(=O)N1CCCCC1. The van der Waals surface area contributed by atoms with Crippen molar-refractivity contribution in [3.8, 4) is 0 Å². The summed E-state index contributed by atoms with van der Waals surface area (Å²) in [5.74, 6) is -1.12. The Labute approximate surface area is 111 Å². The predicted molar refractivity (Wildman–Crippen MR) is 66.8 cm³/mol. The maximum absolute atomic E-state index is 12.1. The molecule has 1 aliphatic rings. The number of carbonyl (C=O) groups excluding carboxylic acids is 1. The molecule has 2 heterocycles. The van der Waals surface area contributed by atoms with Crippen molar-refractivity contribution in [3.05, 3.63) is 11.4 Å². The Balaban J connectivity index is 2.10. The van der Waals surface area contributed by atoms with E-state index in [1.54, 1.807) is 0 Å². The summed E-state index contributed by atoms with van der Waals surface area (Å²) in [4.78, 5) is 24.9. The lowest BCUT2D eigenvalue weighted by molar-refractivity contribution is -0.133. The number of carboxylic acids is 1. The zero-order chi connectivity index (χ0) is 13.8. The lowest BCUT2D eigenvalue weighted by Crippen LogP contribution is -2.38. The van der Waals surface area contributed by atoms with Gasteiger partial charge in [-0.15, -0.1) is 5.10 Å². The summed E-state index contributed by atoms with van der Waals surface area (Å²) in [6.45, 7) is 3.46. The molecular formula is C12H18N4O3. The number of rotatable bonds is 4. The van der Waals surface area contributed by atoms with E-state index < -0.39 is 5.97 Å². The molecule has 0 saturated carbocycles. The minimum absolute atomic E-state index is 0.0174. The van der Waals surface area contributed by atoms with Crippen LogP contribution in [0.4, 0.5) is 0 Å². The van der Waals surface area contributed by atoms with Crippen molar-refractivity contribution in [2.75, 3.05) is 13.1 Å². The maximum atomic E-state index is 12.1. The highest BCUT2D eigenvalue weighted by Gasteiger charge is 2.22. The van der Waals surface area contributed by atoms with Gasteiger partial charge in [0.15, 0.2) is 5.69 Å². The van der Waals surface area contributed by atoms with Crippen molar-refractivity contribution in [2.45, 2.75) is 39.2 Å². The first kappa shape index (κ1) is 13.5. The number of nitrogens with zero attached hydrogens (tertiary/aromatic N) is 4. The van der Waals surface area contributed by atoms with Gasteiger partial charge in [-0.3, -0.25) is 4.79 Å². The van der Waals surface area contributed by atoms with Crippen molar-refractivity contribution in [3.63, 3.8) is 0 Å². The Bertz CT molecular complexity index is 477. The van der Waals surface area contributed by atoms with Crippen LogP contribution in [-0.2, 0) is 17.8 Å². The van der Waals surface area contributed by atoms with Crippen molar-refractivity contribution < 1.29 is 14.7 Å². The van der Waals surface area contributed by atoms with Crippen LogP contribution in [0.2, 0.25) is 0 Å². The molecule has 1 amide bonds. The summed E-state index contributed by atoms with van der Waals surface area (Å²) in [5.41, 5.74) is 0.437. The van der Waals surface area contributed by atoms with Crippen molar-refractivity contribution >= 4 is 11.9 Å². The minimum atomic E-state index is -1.10. The monoisotopic (exact) mass is 266 g/mol. The molecule has 19 heavy (non-hydrogen) atoms. The molecule has 0 radical (unpaired) electrons. The molecule has 1 N–H and O–H groups in total. The largest absolute Gasteiger partial charge is 0.476 e. The fourth-order valence-corrected chi connectivity index (χ4v) is 2.35. The van der Waals surface area contributed by atoms with E-state index in [2.05, 4.69) is 10.3 Å². The zero-order valence-corrected chi connectivity index (χ0v) is 11.0. The second kappa shape index (κ2) is 5.81. The molecule has 1 aliphatic heterocycles. The molecule has 1 saturated heterocycles. The third-order valence-corrected chi connectivity index (χ3v) is 3.37. The third kappa shape index (κ3) is 2.91. The molecule has 2 rings (SSSR count). The van der Waals surface area contributed by atoms with Crippen LogP contribution in [0.1, 0.15) is 42.4 Å². The van der Waals surface area contributed by atoms with Gasteiger partial charge in [-0.25, -0.2) is 9.48 Å². The number of carbonyl (C=O) groups is 2. The summed E-state index contributed by atoms with van der Waals surface area (Å²) in [5, 5.41) is 16.4. The van der Waals surface area contributed by atoms with Gasteiger partial charge in [0, 0.05) is 13.1 Å². The Morgan fingerprint density at radius 3 is 2.53 bits per heavy atom. The van der Waals surface area contributed by atoms with Gasteiger partial charge < -0.3 is 10.0 Å². The van der Waals surface area contributed by atoms with Crippen LogP contribution in [0.3, 0.4) is 0 Å². The summed E-state index contributed by atoms with van der Waals surface area (Å²) >= 11 is 0. The molecule has 1 fully saturated rings. The standard InChI is InChI=1S/C12H18N4O3/c1-2-9-11(12(18)19)13-14-16(9)8-10(17)15-6-4-3-5-7-15/h2-8H2,1H3,(H,18,19). The van der Waals surface area contributed by atoms with Gasteiger partial charge in [0.05, 0.1) is 5.69 Å². The molecule has 1 aromatic heterocycles. The first-order chi connectivity index (χ1) is 9.13. The second-order valence-electron chi connectivity index (χ2n) is 4.64. The molecular weight excluding hydrogens is 248 g/mol. The maximum Gasteiger partial charge on any atom is 0.358 e. The Morgan fingerprint density at radius 2 is 1.95 bits per heavy atom. The van der Waals surface area contributed by atoms with Gasteiger partial charge in [0.1, 0.15) is 6.54 Å². The average molecular weight is 266 g/mol. The van der Waals surface area contributed by atoms with Crippen LogP contribution >= 0.6 is 0 Å². The predicted octanol–water partition coefficient (Wildman–Crippen LogP) is 0.551. The van der Waals surface area contributed by atoms with Crippen LogP contribution in [0.15, 0.2) is 0 Å². The van der Waals surface area contributed by atoms with Crippen LogP contribution < -0.4 is 0 Å². The highest BCUT2D eigenvalue weighted by atomic mass is 16.4. The van der Waals surface area contributed by atoms with E-state index in [1.807, 2.05) is 11.8 Å². The molecule has 0 unspecified atom stereocenters. The number of amides is 1. The number of likely N-dealkylation sites (tertiary alicyclic amines) is 1. The van der Waals surface area contributed by atoms with E-state index >= 15 is 0 Å². The molecule has 7 nitrogen and oxygen atoms in total. The summed E-state index contributed by atoms with van der Waals surface area (Å²) in [7, 11) is 0. The quantitative estimate of drug-likeness (QED) is 0.859. The van der Waals surface area contributed by atoms with E-state index in [0.717, 1.165) is 32.4 Å². The Hall–Kier alpha value is -1.92. The Kier molecular flexibility index (Phi) is 4.13. The van der Waals surface area contributed by atoms with Crippen LogP contribution in [0.25, 0.3) is 0 Å². The second-order valence-corrected chi connectivity index (χ2v) is 4.64. The van der Waals surface area contributed by atoms with Gasteiger partial charge in [0.2, 0.25) is 5.91 Å². The van der Waals surface area contributed by atoms with Crippen LogP contribution in [0, 0.1) is 0 Å². The van der Waals surface area contributed by atoms with Gasteiger partial charge in [-0.2, -0.15) is 0 Å². The fourth-order valence-electron chi connectivity index (χ4n) is 2.35. The smallest absolute Gasteiger partial charge is 0.358 e. The molecule has 0 bridgehead atoms. The lowest BCUT2D eigenvalue weighted by atomic mass is 10.1. The first-order valence-corrected chi connectivity index (χ1v) is 6.57. The highest BCUT2D eigenvalue weighted by molar-refractivity contribution is 5.86. The number of carboxylic acid groups (broad SMARTS) is 1. The summed E-state index contributed by atoms with van der Waals surface area (Å²) < 4.78 is 1.40. The highest BCUT2D eigenvalue weighted by Crippen LogP contribution is 2.11. The van der Waals surface area contributed by atoms with Crippen LogP contribution in [-0.4, -0.2) is 50.0 Å². The van der Waals surface area contributed by atoms with Crippen molar-refractivity contribution in [2.24, 2.45) is 0 Å². The van der Waals surface area contributed by atoms with Gasteiger partial charge in [-0.05, 0) is 25.7 Å².